The molecule has 146 valence electrons. The smallest absolute Gasteiger partial charge is 0.313 e. The van der Waals surface area contributed by atoms with E-state index in [1.165, 1.54) is 11.8 Å². The fourth-order valence-corrected chi connectivity index (χ4v) is 3.50. The standard InChI is InChI=1S/C20H22N4O3S/c1-13-11-14(2)24(23-13)16(17-8-6-10-27-17)12-21-19(25)20(26)22-15-7-4-5-9-18(15)28-3/h4-11,16H,12H2,1-3H3,(H,21,25)(H,22,26)/t16-/m1/s1. The molecule has 0 saturated carbocycles. The Hall–Kier alpha value is -3.00. The Morgan fingerprint density at radius 2 is 1.96 bits per heavy atom. The van der Waals surface area contributed by atoms with Crippen LogP contribution in [0.15, 0.2) is 58.0 Å². The molecule has 3 rings (SSSR count). The second kappa shape index (κ2) is 8.79. The van der Waals surface area contributed by atoms with Crippen molar-refractivity contribution in [3.63, 3.8) is 0 Å². The minimum atomic E-state index is -0.715. The third-order valence-electron chi connectivity index (χ3n) is 4.23. The van der Waals surface area contributed by atoms with Crippen molar-refractivity contribution < 1.29 is 14.0 Å². The number of aromatic nitrogens is 2. The molecule has 1 aromatic carbocycles. The van der Waals surface area contributed by atoms with Gasteiger partial charge in [0, 0.05) is 17.1 Å². The van der Waals surface area contributed by atoms with E-state index in [1.807, 2.05) is 50.4 Å². The number of para-hydroxylation sites is 1. The number of furan rings is 1. The van der Waals surface area contributed by atoms with Gasteiger partial charge in [-0.2, -0.15) is 5.10 Å². The Balaban J connectivity index is 1.70. The van der Waals surface area contributed by atoms with Gasteiger partial charge in [0.2, 0.25) is 0 Å². The number of nitrogens with one attached hydrogen (secondary N) is 2. The number of rotatable bonds is 6. The molecule has 2 aromatic heterocycles. The summed E-state index contributed by atoms with van der Waals surface area (Å²) in [5.41, 5.74) is 2.41. The number of thioether (sulfide) groups is 1. The SMILES string of the molecule is CSc1ccccc1NC(=O)C(=O)NC[C@H](c1ccco1)n1nc(C)cc1C. The highest BCUT2D eigenvalue weighted by atomic mass is 32.2. The number of hydrogen-bond donors (Lipinski definition) is 2. The summed E-state index contributed by atoms with van der Waals surface area (Å²) in [6, 6.07) is 12.5. The first kappa shape index (κ1) is 19.8. The van der Waals surface area contributed by atoms with Gasteiger partial charge in [-0.15, -0.1) is 11.8 Å². The van der Waals surface area contributed by atoms with Crippen molar-refractivity contribution in [3.8, 4) is 0 Å². The van der Waals surface area contributed by atoms with Gasteiger partial charge >= 0.3 is 11.8 Å². The molecule has 7 nitrogen and oxygen atoms in total. The van der Waals surface area contributed by atoms with Crippen LogP contribution in [-0.4, -0.2) is 34.4 Å². The highest BCUT2D eigenvalue weighted by molar-refractivity contribution is 7.98. The lowest BCUT2D eigenvalue weighted by molar-refractivity contribution is -0.136. The molecule has 0 aliphatic rings. The lowest BCUT2D eigenvalue weighted by Gasteiger charge is -2.18. The second-order valence-corrected chi connectivity index (χ2v) is 7.12. The zero-order valence-electron chi connectivity index (χ0n) is 15.9. The predicted octanol–water partition coefficient (Wildman–Crippen LogP) is 3.16. The van der Waals surface area contributed by atoms with Gasteiger partial charge in [0.1, 0.15) is 11.8 Å². The minimum absolute atomic E-state index is 0.173. The fraction of sp³-hybridized carbons (Fsp3) is 0.250. The minimum Gasteiger partial charge on any atom is -0.467 e. The van der Waals surface area contributed by atoms with Crippen molar-refractivity contribution in [2.75, 3.05) is 18.1 Å². The third kappa shape index (κ3) is 4.45. The number of carbonyl (C=O) groups is 2. The maximum Gasteiger partial charge on any atom is 0.313 e. The number of amides is 2. The van der Waals surface area contributed by atoms with Crippen LogP contribution in [0.25, 0.3) is 0 Å². The summed E-state index contributed by atoms with van der Waals surface area (Å²) in [6.45, 7) is 4.01. The Kier molecular flexibility index (Phi) is 6.20. The Morgan fingerprint density at radius 1 is 1.18 bits per heavy atom. The van der Waals surface area contributed by atoms with Gasteiger partial charge < -0.3 is 15.1 Å². The van der Waals surface area contributed by atoms with E-state index in [0.29, 0.717) is 11.4 Å². The molecular weight excluding hydrogens is 376 g/mol. The maximum atomic E-state index is 12.4. The average Bonchev–Trinajstić information content (AvgIpc) is 3.32. The molecule has 2 amide bonds. The maximum absolute atomic E-state index is 12.4. The van der Waals surface area contributed by atoms with Crippen molar-refractivity contribution in [3.05, 3.63) is 65.9 Å². The van der Waals surface area contributed by atoms with Gasteiger partial charge in [-0.3, -0.25) is 14.3 Å². The molecule has 0 aliphatic heterocycles. The Labute approximate surface area is 167 Å². The van der Waals surface area contributed by atoms with Gasteiger partial charge in [0.25, 0.3) is 0 Å². The van der Waals surface area contributed by atoms with Crippen LogP contribution in [-0.2, 0) is 9.59 Å². The van der Waals surface area contributed by atoms with Gasteiger partial charge in [0.15, 0.2) is 0 Å². The molecule has 1 atom stereocenters. The van der Waals surface area contributed by atoms with Crippen molar-refractivity contribution in [1.29, 1.82) is 0 Å². The average molecular weight is 398 g/mol. The van der Waals surface area contributed by atoms with Crippen LogP contribution in [0.5, 0.6) is 0 Å². The number of hydrogen-bond acceptors (Lipinski definition) is 5. The van der Waals surface area contributed by atoms with Crippen LogP contribution >= 0.6 is 11.8 Å². The molecule has 2 heterocycles. The highest BCUT2D eigenvalue weighted by Crippen LogP contribution is 2.24. The summed E-state index contributed by atoms with van der Waals surface area (Å²) in [6.07, 6.45) is 3.48. The van der Waals surface area contributed by atoms with E-state index < -0.39 is 11.8 Å². The molecule has 0 saturated heterocycles. The molecule has 0 aliphatic carbocycles. The quantitative estimate of drug-likeness (QED) is 0.492. The van der Waals surface area contributed by atoms with Gasteiger partial charge in [-0.1, -0.05) is 12.1 Å². The van der Waals surface area contributed by atoms with Crippen LogP contribution in [0.3, 0.4) is 0 Å². The zero-order valence-corrected chi connectivity index (χ0v) is 16.7. The van der Waals surface area contributed by atoms with E-state index in [9.17, 15) is 9.59 Å². The van der Waals surface area contributed by atoms with E-state index in [-0.39, 0.29) is 12.6 Å². The van der Waals surface area contributed by atoms with E-state index >= 15 is 0 Å². The molecule has 2 N–H and O–H groups in total. The molecule has 0 fully saturated rings. The first-order valence-electron chi connectivity index (χ1n) is 8.78. The monoisotopic (exact) mass is 398 g/mol. The highest BCUT2D eigenvalue weighted by Gasteiger charge is 2.23. The van der Waals surface area contributed by atoms with Gasteiger partial charge in [-0.25, -0.2) is 0 Å². The van der Waals surface area contributed by atoms with Crippen LogP contribution in [0.4, 0.5) is 5.69 Å². The van der Waals surface area contributed by atoms with Crippen molar-refractivity contribution in [2.45, 2.75) is 24.8 Å². The van der Waals surface area contributed by atoms with Crippen LogP contribution in [0.2, 0.25) is 0 Å². The molecule has 0 radical (unpaired) electrons. The Bertz CT molecular complexity index is 966. The topological polar surface area (TPSA) is 89.2 Å². The summed E-state index contributed by atoms with van der Waals surface area (Å²) in [7, 11) is 0. The van der Waals surface area contributed by atoms with Gasteiger partial charge in [-0.05, 0) is 50.4 Å². The predicted molar refractivity (Wildman–Crippen MR) is 108 cm³/mol. The first-order valence-corrected chi connectivity index (χ1v) is 10.0. The van der Waals surface area contributed by atoms with Crippen molar-refractivity contribution in [2.24, 2.45) is 0 Å². The molecule has 28 heavy (non-hydrogen) atoms. The molecule has 0 bridgehead atoms. The molecule has 3 aromatic rings. The van der Waals surface area contributed by atoms with E-state index in [1.54, 1.807) is 23.1 Å². The van der Waals surface area contributed by atoms with Crippen LogP contribution in [0.1, 0.15) is 23.2 Å². The summed E-state index contributed by atoms with van der Waals surface area (Å²) in [4.78, 5) is 25.5. The molecular formula is C20H22N4O3S. The zero-order chi connectivity index (χ0) is 20.1. The number of carbonyl (C=O) groups excluding carboxylic acids is 2. The summed E-state index contributed by atoms with van der Waals surface area (Å²) >= 11 is 1.50. The number of aryl methyl sites for hydroxylation is 2. The van der Waals surface area contributed by atoms with E-state index in [2.05, 4.69) is 15.7 Å². The normalized spacial score (nSPS) is 11.8. The van der Waals surface area contributed by atoms with Crippen LogP contribution < -0.4 is 10.6 Å². The van der Waals surface area contributed by atoms with Crippen molar-refractivity contribution in [1.82, 2.24) is 15.1 Å². The number of anilines is 1. The molecule has 0 unspecified atom stereocenters. The number of nitrogens with zero attached hydrogens (tertiary/aromatic N) is 2. The second-order valence-electron chi connectivity index (χ2n) is 6.27. The van der Waals surface area contributed by atoms with Gasteiger partial charge in [0.05, 0.1) is 17.6 Å². The first-order chi connectivity index (χ1) is 13.5. The lowest BCUT2D eigenvalue weighted by atomic mass is 10.2. The van der Waals surface area contributed by atoms with Crippen LogP contribution in [0, 0.1) is 13.8 Å². The third-order valence-corrected chi connectivity index (χ3v) is 5.02. The van der Waals surface area contributed by atoms with Crippen molar-refractivity contribution >= 4 is 29.3 Å². The largest absolute Gasteiger partial charge is 0.467 e. The summed E-state index contributed by atoms with van der Waals surface area (Å²) in [5.74, 6) is -0.776. The summed E-state index contributed by atoms with van der Waals surface area (Å²) in [5, 5.41) is 9.82. The van der Waals surface area contributed by atoms with E-state index in [4.69, 9.17) is 4.42 Å². The fourth-order valence-electron chi connectivity index (χ4n) is 2.95. The molecule has 0 spiro atoms. The number of benzene rings is 1. The molecule has 8 heteroatoms. The lowest BCUT2D eigenvalue weighted by Crippen LogP contribution is -2.39. The summed E-state index contributed by atoms with van der Waals surface area (Å²) < 4.78 is 7.30. The Morgan fingerprint density at radius 3 is 2.61 bits per heavy atom. The van der Waals surface area contributed by atoms with E-state index in [0.717, 1.165) is 16.3 Å².